The number of methoxy groups -OCH3 is 1. The van der Waals surface area contributed by atoms with Crippen molar-refractivity contribution in [2.45, 2.75) is 13.8 Å². The van der Waals surface area contributed by atoms with Crippen LogP contribution in [-0.4, -0.2) is 30.2 Å². The summed E-state index contributed by atoms with van der Waals surface area (Å²) in [5.74, 6) is 2.41. The summed E-state index contributed by atoms with van der Waals surface area (Å²) in [4.78, 5) is 11.7. The molecule has 0 spiro atoms. The molecule has 3 rings (SSSR count). The van der Waals surface area contributed by atoms with Gasteiger partial charge in [-0.05, 0) is 55.8 Å². The molecule has 1 heterocycles. The van der Waals surface area contributed by atoms with Crippen LogP contribution in [0.3, 0.4) is 0 Å². The lowest BCUT2D eigenvalue weighted by Crippen LogP contribution is -2.23. The van der Waals surface area contributed by atoms with Gasteiger partial charge in [0.25, 0.3) is 0 Å². The van der Waals surface area contributed by atoms with Crippen molar-refractivity contribution in [1.82, 2.24) is 9.97 Å². The van der Waals surface area contributed by atoms with E-state index in [1.165, 1.54) is 0 Å². The standard InChI is InChI=1S/C21H22ClN3O/c1-4-25(5-2)21-18-14-17(26-3)11-12-19(18)23-20(24-21)13-8-15-6-9-16(22)10-7-15/h6-14H,4-5H2,1-3H3. The molecule has 2 aromatic carbocycles. The Bertz CT molecular complexity index is 918. The van der Waals surface area contributed by atoms with Crippen molar-refractivity contribution in [2.75, 3.05) is 25.1 Å². The number of aromatic nitrogens is 2. The third-order valence-corrected chi connectivity index (χ3v) is 4.51. The summed E-state index contributed by atoms with van der Waals surface area (Å²) in [7, 11) is 1.67. The lowest BCUT2D eigenvalue weighted by Gasteiger charge is -2.22. The molecule has 0 radical (unpaired) electrons. The highest BCUT2D eigenvalue weighted by molar-refractivity contribution is 6.30. The first-order chi connectivity index (χ1) is 12.6. The zero-order valence-corrected chi connectivity index (χ0v) is 16.0. The summed E-state index contributed by atoms with van der Waals surface area (Å²) in [6.07, 6.45) is 3.92. The van der Waals surface area contributed by atoms with Gasteiger partial charge in [0.1, 0.15) is 11.6 Å². The molecule has 3 aromatic rings. The molecule has 0 aliphatic heterocycles. The normalized spacial score (nSPS) is 11.2. The van der Waals surface area contributed by atoms with E-state index in [9.17, 15) is 0 Å². The number of hydrogen-bond donors (Lipinski definition) is 0. The van der Waals surface area contributed by atoms with Gasteiger partial charge < -0.3 is 9.64 Å². The van der Waals surface area contributed by atoms with E-state index in [4.69, 9.17) is 21.3 Å². The zero-order chi connectivity index (χ0) is 18.5. The smallest absolute Gasteiger partial charge is 0.154 e. The van der Waals surface area contributed by atoms with Crippen LogP contribution in [-0.2, 0) is 0 Å². The molecule has 0 aliphatic carbocycles. The Morgan fingerprint density at radius 3 is 2.38 bits per heavy atom. The minimum Gasteiger partial charge on any atom is -0.497 e. The number of hydrogen-bond acceptors (Lipinski definition) is 4. The molecule has 0 amide bonds. The fraction of sp³-hybridized carbons (Fsp3) is 0.238. The molecule has 26 heavy (non-hydrogen) atoms. The molecule has 0 saturated carbocycles. The van der Waals surface area contributed by atoms with E-state index in [2.05, 4.69) is 23.7 Å². The Balaban J connectivity index is 2.07. The Morgan fingerprint density at radius 1 is 1.00 bits per heavy atom. The highest BCUT2D eigenvalue weighted by Crippen LogP contribution is 2.28. The maximum atomic E-state index is 5.94. The number of ether oxygens (including phenoxy) is 1. The summed E-state index contributed by atoms with van der Waals surface area (Å²) in [5.41, 5.74) is 1.95. The second-order valence-corrected chi connectivity index (χ2v) is 6.28. The first kappa shape index (κ1) is 18.2. The molecule has 4 nitrogen and oxygen atoms in total. The van der Waals surface area contributed by atoms with E-state index < -0.39 is 0 Å². The SMILES string of the molecule is CCN(CC)c1nc(C=Cc2ccc(Cl)cc2)nc2ccc(OC)cc12. The van der Waals surface area contributed by atoms with Crippen LogP contribution in [0.1, 0.15) is 25.2 Å². The molecule has 0 saturated heterocycles. The fourth-order valence-electron chi connectivity index (χ4n) is 2.82. The van der Waals surface area contributed by atoms with Crippen molar-refractivity contribution in [3.05, 3.63) is 58.9 Å². The van der Waals surface area contributed by atoms with Gasteiger partial charge in [-0.1, -0.05) is 29.8 Å². The van der Waals surface area contributed by atoms with Crippen LogP contribution in [0.25, 0.3) is 23.1 Å². The summed E-state index contributed by atoms with van der Waals surface area (Å²) in [5, 5.41) is 1.72. The van der Waals surface area contributed by atoms with Gasteiger partial charge in [0, 0.05) is 23.5 Å². The summed E-state index contributed by atoms with van der Waals surface area (Å²) in [6.45, 7) is 6.00. The van der Waals surface area contributed by atoms with Crippen LogP contribution in [0.4, 0.5) is 5.82 Å². The van der Waals surface area contributed by atoms with Crippen LogP contribution in [0.2, 0.25) is 5.02 Å². The molecule has 0 unspecified atom stereocenters. The van der Waals surface area contributed by atoms with Crippen molar-refractivity contribution in [1.29, 1.82) is 0 Å². The summed E-state index contributed by atoms with van der Waals surface area (Å²) < 4.78 is 5.37. The minimum atomic E-state index is 0.680. The second kappa shape index (κ2) is 8.19. The van der Waals surface area contributed by atoms with E-state index in [-0.39, 0.29) is 0 Å². The second-order valence-electron chi connectivity index (χ2n) is 5.85. The number of rotatable bonds is 6. The quantitative estimate of drug-likeness (QED) is 0.591. The van der Waals surface area contributed by atoms with E-state index in [0.717, 1.165) is 46.1 Å². The number of fused-ring (bicyclic) bond motifs is 1. The molecule has 0 fully saturated rings. The fourth-order valence-corrected chi connectivity index (χ4v) is 2.95. The summed E-state index contributed by atoms with van der Waals surface area (Å²) >= 11 is 5.94. The van der Waals surface area contributed by atoms with Gasteiger partial charge in [-0.25, -0.2) is 9.97 Å². The minimum absolute atomic E-state index is 0.680. The van der Waals surface area contributed by atoms with Crippen LogP contribution in [0.5, 0.6) is 5.75 Å². The Hall–Kier alpha value is -2.59. The van der Waals surface area contributed by atoms with Crippen LogP contribution >= 0.6 is 11.6 Å². The van der Waals surface area contributed by atoms with Gasteiger partial charge in [-0.15, -0.1) is 0 Å². The van der Waals surface area contributed by atoms with Gasteiger partial charge in [0.15, 0.2) is 5.82 Å². The Labute approximate surface area is 159 Å². The largest absolute Gasteiger partial charge is 0.497 e. The molecule has 1 aromatic heterocycles. The monoisotopic (exact) mass is 367 g/mol. The van der Waals surface area contributed by atoms with Crippen LogP contribution in [0.15, 0.2) is 42.5 Å². The van der Waals surface area contributed by atoms with Gasteiger partial charge in [-0.3, -0.25) is 0 Å². The first-order valence-corrected chi connectivity index (χ1v) is 9.06. The zero-order valence-electron chi connectivity index (χ0n) is 15.2. The molecule has 0 N–H and O–H groups in total. The number of nitrogens with zero attached hydrogens (tertiary/aromatic N) is 3. The third-order valence-electron chi connectivity index (χ3n) is 4.26. The maximum absolute atomic E-state index is 5.94. The van der Waals surface area contributed by atoms with Gasteiger partial charge >= 0.3 is 0 Å². The number of halogens is 1. The Kier molecular flexibility index (Phi) is 5.74. The predicted octanol–water partition coefficient (Wildman–Crippen LogP) is 5.31. The van der Waals surface area contributed by atoms with E-state index in [1.54, 1.807) is 7.11 Å². The van der Waals surface area contributed by atoms with Gasteiger partial charge in [0.05, 0.1) is 12.6 Å². The Morgan fingerprint density at radius 2 is 1.73 bits per heavy atom. The van der Waals surface area contributed by atoms with Gasteiger partial charge in [0.2, 0.25) is 0 Å². The average molecular weight is 368 g/mol. The van der Waals surface area contributed by atoms with E-state index >= 15 is 0 Å². The van der Waals surface area contributed by atoms with Crippen molar-refractivity contribution in [3.8, 4) is 5.75 Å². The predicted molar refractivity (Wildman–Crippen MR) is 110 cm³/mol. The van der Waals surface area contributed by atoms with Crippen LogP contribution in [0, 0.1) is 0 Å². The van der Waals surface area contributed by atoms with Crippen molar-refractivity contribution >= 4 is 40.5 Å². The van der Waals surface area contributed by atoms with E-state index in [0.29, 0.717) is 5.82 Å². The van der Waals surface area contributed by atoms with Crippen molar-refractivity contribution in [2.24, 2.45) is 0 Å². The maximum Gasteiger partial charge on any atom is 0.154 e. The summed E-state index contributed by atoms with van der Waals surface area (Å²) in [6, 6.07) is 13.6. The third kappa shape index (κ3) is 3.97. The first-order valence-electron chi connectivity index (χ1n) is 8.69. The average Bonchev–Trinajstić information content (AvgIpc) is 2.68. The highest BCUT2D eigenvalue weighted by Gasteiger charge is 2.12. The molecule has 5 heteroatoms. The molecule has 134 valence electrons. The van der Waals surface area contributed by atoms with Gasteiger partial charge in [-0.2, -0.15) is 0 Å². The molecule has 0 bridgehead atoms. The lowest BCUT2D eigenvalue weighted by molar-refractivity contribution is 0.415. The van der Waals surface area contributed by atoms with Crippen LogP contribution < -0.4 is 9.64 Å². The van der Waals surface area contributed by atoms with Crippen molar-refractivity contribution in [3.63, 3.8) is 0 Å². The molecular weight excluding hydrogens is 346 g/mol. The lowest BCUT2D eigenvalue weighted by atomic mass is 10.2. The number of benzene rings is 2. The molecular formula is C21H22ClN3O. The van der Waals surface area contributed by atoms with E-state index in [1.807, 2.05) is 54.6 Å². The highest BCUT2D eigenvalue weighted by atomic mass is 35.5. The van der Waals surface area contributed by atoms with Crippen molar-refractivity contribution < 1.29 is 4.74 Å². The molecule has 0 aliphatic rings. The topological polar surface area (TPSA) is 38.2 Å². The molecule has 0 atom stereocenters. The number of anilines is 1.